The Hall–Kier alpha value is -2.35. The van der Waals surface area contributed by atoms with Crippen LogP contribution < -0.4 is 5.32 Å². The van der Waals surface area contributed by atoms with E-state index in [0.717, 1.165) is 30.9 Å². The van der Waals surface area contributed by atoms with Crippen LogP contribution in [0.15, 0.2) is 54.6 Å². The standard InChI is InChI=1S/C24H31N3O3S/c1-30-24(29)10-11-27(17-20-6-3-2-4-7-20)19-23(28)25-22-9-5-8-21(16-22)18-26-12-14-31-15-13-26/h2-9,16H,10-15,17-19H2,1H3,(H,25,28). The van der Waals surface area contributed by atoms with E-state index in [0.29, 0.717) is 13.1 Å². The number of nitrogens with one attached hydrogen (secondary N) is 1. The summed E-state index contributed by atoms with van der Waals surface area (Å²) in [5.41, 5.74) is 3.11. The van der Waals surface area contributed by atoms with Crippen molar-refractivity contribution in [1.29, 1.82) is 0 Å². The Morgan fingerprint density at radius 1 is 1.06 bits per heavy atom. The van der Waals surface area contributed by atoms with Crippen LogP contribution in [0.4, 0.5) is 5.69 Å². The van der Waals surface area contributed by atoms with Gasteiger partial charge < -0.3 is 10.1 Å². The second-order valence-corrected chi connectivity index (χ2v) is 8.88. The van der Waals surface area contributed by atoms with Crippen LogP contribution in [0.1, 0.15) is 17.5 Å². The molecule has 0 aliphatic carbocycles. The number of ether oxygens (including phenoxy) is 1. The number of anilines is 1. The highest BCUT2D eigenvalue weighted by Gasteiger charge is 2.15. The van der Waals surface area contributed by atoms with E-state index in [1.165, 1.54) is 24.2 Å². The highest BCUT2D eigenvalue weighted by Crippen LogP contribution is 2.16. The molecular weight excluding hydrogens is 410 g/mol. The van der Waals surface area contributed by atoms with Crippen molar-refractivity contribution in [1.82, 2.24) is 9.80 Å². The number of benzene rings is 2. The Morgan fingerprint density at radius 2 is 1.81 bits per heavy atom. The minimum Gasteiger partial charge on any atom is -0.469 e. The Morgan fingerprint density at radius 3 is 2.55 bits per heavy atom. The molecule has 1 heterocycles. The zero-order valence-corrected chi connectivity index (χ0v) is 18.9. The minimum atomic E-state index is -0.276. The van der Waals surface area contributed by atoms with Crippen molar-refractivity contribution in [3.05, 3.63) is 65.7 Å². The zero-order chi connectivity index (χ0) is 21.9. The van der Waals surface area contributed by atoms with E-state index in [-0.39, 0.29) is 24.8 Å². The molecule has 31 heavy (non-hydrogen) atoms. The largest absolute Gasteiger partial charge is 0.469 e. The average Bonchev–Trinajstić information content (AvgIpc) is 2.79. The molecule has 3 rings (SSSR count). The normalized spacial score (nSPS) is 14.4. The van der Waals surface area contributed by atoms with Crippen molar-refractivity contribution in [2.45, 2.75) is 19.5 Å². The summed E-state index contributed by atoms with van der Waals surface area (Å²) in [6.45, 7) is 4.38. The van der Waals surface area contributed by atoms with Crippen molar-refractivity contribution >= 4 is 29.3 Å². The summed E-state index contributed by atoms with van der Waals surface area (Å²) in [4.78, 5) is 28.8. The zero-order valence-electron chi connectivity index (χ0n) is 18.1. The number of thioether (sulfide) groups is 1. The summed E-state index contributed by atoms with van der Waals surface area (Å²) in [5.74, 6) is 1.99. The molecule has 1 aliphatic rings. The molecule has 1 fully saturated rings. The maximum Gasteiger partial charge on any atom is 0.306 e. The number of carbonyl (C=O) groups is 2. The van der Waals surface area contributed by atoms with Crippen LogP contribution in [0, 0.1) is 0 Å². The molecule has 166 valence electrons. The van der Waals surface area contributed by atoms with Gasteiger partial charge >= 0.3 is 5.97 Å². The van der Waals surface area contributed by atoms with Gasteiger partial charge in [-0.3, -0.25) is 19.4 Å². The third kappa shape index (κ3) is 8.36. The van der Waals surface area contributed by atoms with Crippen LogP contribution >= 0.6 is 11.8 Å². The van der Waals surface area contributed by atoms with E-state index < -0.39 is 0 Å². The molecule has 0 aromatic heterocycles. The number of esters is 1. The van der Waals surface area contributed by atoms with Gasteiger partial charge in [0.15, 0.2) is 0 Å². The summed E-state index contributed by atoms with van der Waals surface area (Å²) in [5, 5.41) is 3.02. The number of nitrogens with zero attached hydrogens (tertiary/aromatic N) is 2. The van der Waals surface area contributed by atoms with Crippen LogP contribution in [0.5, 0.6) is 0 Å². The molecule has 7 heteroatoms. The molecule has 0 atom stereocenters. The van der Waals surface area contributed by atoms with Gasteiger partial charge in [-0.15, -0.1) is 0 Å². The molecule has 6 nitrogen and oxygen atoms in total. The lowest BCUT2D eigenvalue weighted by Crippen LogP contribution is -2.34. The lowest BCUT2D eigenvalue weighted by molar-refractivity contribution is -0.141. The molecule has 0 bridgehead atoms. The van der Waals surface area contributed by atoms with Crippen LogP contribution in [0.2, 0.25) is 0 Å². The Balaban J connectivity index is 1.57. The fraction of sp³-hybridized carbons (Fsp3) is 0.417. The monoisotopic (exact) mass is 441 g/mol. The van der Waals surface area contributed by atoms with Gasteiger partial charge in [0, 0.05) is 49.9 Å². The maximum atomic E-state index is 12.7. The summed E-state index contributed by atoms with van der Waals surface area (Å²) in [6, 6.07) is 18.0. The van der Waals surface area contributed by atoms with Crippen LogP contribution in [0.25, 0.3) is 0 Å². The van der Waals surface area contributed by atoms with E-state index >= 15 is 0 Å². The predicted molar refractivity (Wildman–Crippen MR) is 126 cm³/mol. The fourth-order valence-corrected chi connectivity index (χ4v) is 4.55. The molecule has 0 spiro atoms. The number of rotatable bonds is 10. The molecule has 1 aliphatic heterocycles. The topological polar surface area (TPSA) is 61.9 Å². The molecule has 0 saturated carbocycles. The predicted octanol–water partition coefficient (Wildman–Crippen LogP) is 3.24. The highest BCUT2D eigenvalue weighted by molar-refractivity contribution is 7.99. The van der Waals surface area contributed by atoms with Gasteiger partial charge in [-0.2, -0.15) is 11.8 Å². The van der Waals surface area contributed by atoms with Crippen molar-refractivity contribution in [3.8, 4) is 0 Å². The molecule has 1 N–H and O–H groups in total. The molecular formula is C24H31N3O3S. The maximum absolute atomic E-state index is 12.7. The first-order valence-electron chi connectivity index (χ1n) is 10.6. The van der Waals surface area contributed by atoms with Crippen LogP contribution in [0.3, 0.4) is 0 Å². The summed E-state index contributed by atoms with van der Waals surface area (Å²) >= 11 is 2.00. The lowest BCUT2D eigenvalue weighted by atomic mass is 10.2. The van der Waals surface area contributed by atoms with Crippen molar-refractivity contribution in [3.63, 3.8) is 0 Å². The van der Waals surface area contributed by atoms with Gasteiger partial charge in [-0.1, -0.05) is 42.5 Å². The Kier molecular flexibility index (Phi) is 9.39. The molecule has 0 radical (unpaired) electrons. The minimum absolute atomic E-state index is 0.0904. The first-order valence-corrected chi connectivity index (χ1v) is 11.8. The molecule has 1 amide bonds. The molecule has 0 unspecified atom stereocenters. The average molecular weight is 442 g/mol. The summed E-state index contributed by atoms with van der Waals surface area (Å²) < 4.78 is 4.76. The summed E-state index contributed by atoms with van der Waals surface area (Å²) in [6.07, 6.45) is 0.250. The number of hydrogen-bond acceptors (Lipinski definition) is 6. The third-order valence-corrected chi connectivity index (χ3v) is 6.14. The van der Waals surface area contributed by atoms with Gasteiger partial charge in [0.05, 0.1) is 20.1 Å². The van der Waals surface area contributed by atoms with Gasteiger partial charge in [-0.05, 0) is 23.3 Å². The number of methoxy groups -OCH3 is 1. The van der Waals surface area contributed by atoms with Gasteiger partial charge in [0.1, 0.15) is 0 Å². The molecule has 2 aromatic rings. The van der Waals surface area contributed by atoms with E-state index in [4.69, 9.17) is 4.74 Å². The van der Waals surface area contributed by atoms with Gasteiger partial charge in [0.25, 0.3) is 0 Å². The third-order valence-electron chi connectivity index (χ3n) is 5.20. The quantitative estimate of drug-likeness (QED) is 0.571. The first kappa shape index (κ1) is 23.3. The molecule has 2 aromatic carbocycles. The smallest absolute Gasteiger partial charge is 0.306 e. The van der Waals surface area contributed by atoms with Crippen LogP contribution in [-0.4, -0.2) is 66.5 Å². The fourth-order valence-electron chi connectivity index (χ4n) is 3.58. The van der Waals surface area contributed by atoms with Gasteiger partial charge in [-0.25, -0.2) is 0 Å². The highest BCUT2D eigenvalue weighted by atomic mass is 32.2. The SMILES string of the molecule is COC(=O)CCN(CC(=O)Nc1cccc(CN2CCSCC2)c1)Cc1ccccc1. The number of amides is 1. The van der Waals surface area contributed by atoms with E-state index in [9.17, 15) is 9.59 Å². The van der Waals surface area contributed by atoms with Crippen molar-refractivity contribution in [2.75, 3.05) is 50.1 Å². The Labute approximate surface area is 188 Å². The van der Waals surface area contributed by atoms with Gasteiger partial charge in [0.2, 0.25) is 5.91 Å². The lowest BCUT2D eigenvalue weighted by Gasteiger charge is -2.26. The Bertz CT molecular complexity index is 841. The van der Waals surface area contributed by atoms with Crippen molar-refractivity contribution < 1.29 is 14.3 Å². The molecule has 1 saturated heterocycles. The number of carbonyl (C=O) groups excluding carboxylic acids is 2. The van der Waals surface area contributed by atoms with E-state index in [1.807, 2.05) is 59.1 Å². The first-order chi connectivity index (χ1) is 15.1. The van der Waals surface area contributed by atoms with Crippen LogP contribution in [-0.2, 0) is 27.4 Å². The van der Waals surface area contributed by atoms with Crippen molar-refractivity contribution in [2.24, 2.45) is 0 Å². The van der Waals surface area contributed by atoms with E-state index in [2.05, 4.69) is 22.3 Å². The number of hydrogen-bond donors (Lipinski definition) is 1. The second-order valence-electron chi connectivity index (χ2n) is 7.66. The summed E-state index contributed by atoms with van der Waals surface area (Å²) in [7, 11) is 1.38. The second kappa shape index (κ2) is 12.5. The van der Waals surface area contributed by atoms with E-state index in [1.54, 1.807) is 0 Å².